The van der Waals surface area contributed by atoms with E-state index in [1.165, 1.54) is 12.0 Å². The molecule has 0 aromatic carbocycles. The van der Waals surface area contributed by atoms with Crippen LogP contribution in [0.2, 0.25) is 5.02 Å². The zero-order valence-electron chi connectivity index (χ0n) is 22.8. The van der Waals surface area contributed by atoms with Crippen molar-refractivity contribution in [2.75, 3.05) is 26.8 Å². The number of nitrogens with zero attached hydrogens (tertiary/aromatic N) is 6. The molecule has 2 bridgehead atoms. The molecule has 1 N–H and O–H groups in total. The molecule has 0 saturated carbocycles. The normalized spacial score (nSPS) is 20.2. The van der Waals surface area contributed by atoms with E-state index in [1.807, 2.05) is 37.4 Å². The molecule has 0 spiro atoms. The van der Waals surface area contributed by atoms with Gasteiger partial charge < -0.3 is 19.5 Å². The van der Waals surface area contributed by atoms with Gasteiger partial charge in [-0.15, -0.1) is 0 Å². The molecule has 0 amide bonds. The van der Waals surface area contributed by atoms with Gasteiger partial charge in [-0.05, 0) is 57.2 Å². The third-order valence-corrected chi connectivity index (χ3v) is 7.52. The molecule has 10 heteroatoms. The Labute approximate surface area is 234 Å². The van der Waals surface area contributed by atoms with E-state index in [9.17, 15) is 5.11 Å². The Morgan fingerprint density at radius 1 is 1.26 bits per heavy atom. The first kappa shape index (κ1) is 27.2. The summed E-state index contributed by atoms with van der Waals surface area (Å²) in [5, 5.41) is 15.0. The number of pyridine rings is 2. The second-order valence-corrected chi connectivity index (χ2v) is 11.2. The second-order valence-electron chi connectivity index (χ2n) is 10.8. The van der Waals surface area contributed by atoms with E-state index >= 15 is 0 Å². The lowest BCUT2D eigenvalue weighted by Gasteiger charge is -2.57. The van der Waals surface area contributed by atoms with Crippen molar-refractivity contribution in [3.05, 3.63) is 70.9 Å². The van der Waals surface area contributed by atoms with Gasteiger partial charge in [-0.1, -0.05) is 23.7 Å². The van der Waals surface area contributed by atoms with Gasteiger partial charge in [0, 0.05) is 49.5 Å². The number of piperazine rings is 1. The lowest BCUT2D eigenvalue weighted by atomic mass is 9.87. The Kier molecular flexibility index (Phi) is 7.66. The molecule has 3 aromatic heterocycles. The van der Waals surface area contributed by atoms with E-state index in [-0.39, 0.29) is 6.61 Å². The number of hydrogen-bond acceptors (Lipinski definition) is 8. The molecule has 9 nitrogen and oxygen atoms in total. The van der Waals surface area contributed by atoms with E-state index in [0.717, 1.165) is 42.1 Å². The van der Waals surface area contributed by atoms with Crippen LogP contribution >= 0.6 is 11.6 Å². The molecule has 2 atom stereocenters. The van der Waals surface area contributed by atoms with Crippen LogP contribution in [0.4, 0.5) is 0 Å². The van der Waals surface area contributed by atoms with Gasteiger partial charge in [-0.3, -0.25) is 4.90 Å². The molecule has 3 aliphatic rings. The third kappa shape index (κ3) is 5.95. The highest BCUT2D eigenvalue weighted by molar-refractivity contribution is 6.34. The van der Waals surface area contributed by atoms with Crippen molar-refractivity contribution in [2.24, 2.45) is 4.99 Å². The summed E-state index contributed by atoms with van der Waals surface area (Å²) in [4.78, 5) is 13.5. The van der Waals surface area contributed by atoms with Gasteiger partial charge in [0.15, 0.2) is 0 Å². The molecule has 2 unspecified atom stereocenters. The van der Waals surface area contributed by atoms with Crippen molar-refractivity contribution >= 4 is 29.4 Å². The van der Waals surface area contributed by atoms with Crippen molar-refractivity contribution in [1.82, 2.24) is 24.4 Å². The molecule has 0 radical (unpaired) electrons. The Hall–Kier alpha value is -3.40. The van der Waals surface area contributed by atoms with E-state index in [0.29, 0.717) is 28.7 Å². The predicted octanol–water partition coefficient (Wildman–Crippen LogP) is 4.45. The maximum Gasteiger partial charge on any atom is 0.212 e. The first-order valence-electron chi connectivity index (χ1n) is 13.0. The first-order chi connectivity index (χ1) is 18.6. The second kappa shape index (κ2) is 11.0. The Balaban J connectivity index is 1.31. The minimum absolute atomic E-state index is 0.156. The summed E-state index contributed by atoms with van der Waals surface area (Å²) in [6.07, 6.45) is 10.5. The summed E-state index contributed by atoms with van der Waals surface area (Å²) in [6, 6.07) is 6.86. The van der Waals surface area contributed by atoms with Crippen LogP contribution in [-0.2, 0) is 6.54 Å². The van der Waals surface area contributed by atoms with Crippen LogP contribution in [0.25, 0.3) is 11.1 Å². The third-order valence-electron chi connectivity index (χ3n) is 7.24. The van der Waals surface area contributed by atoms with Gasteiger partial charge in [0.25, 0.3) is 0 Å². The van der Waals surface area contributed by atoms with E-state index < -0.39 is 5.60 Å². The van der Waals surface area contributed by atoms with Crippen molar-refractivity contribution < 1.29 is 14.6 Å². The highest BCUT2D eigenvalue weighted by atomic mass is 35.5. The van der Waals surface area contributed by atoms with Gasteiger partial charge in [-0.2, -0.15) is 5.10 Å². The van der Waals surface area contributed by atoms with Crippen LogP contribution in [0.3, 0.4) is 0 Å². The summed E-state index contributed by atoms with van der Waals surface area (Å²) in [6.45, 7) is 12.1. The summed E-state index contributed by atoms with van der Waals surface area (Å²) in [5.74, 6) is 2.08. The summed E-state index contributed by atoms with van der Waals surface area (Å²) in [5.41, 5.74) is 2.91. The van der Waals surface area contributed by atoms with Gasteiger partial charge in [0.2, 0.25) is 5.88 Å². The first-order valence-corrected chi connectivity index (χ1v) is 13.4. The highest BCUT2D eigenvalue weighted by Crippen LogP contribution is 2.36. The molecule has 6 heterocycles. The molecule has 206 valence electrons. The standard InChI is InChI=1S/C29H35ClN6O3/c1-19(24-11-23(39-18-29(2,3)37)17-36-28(24)25(30)13-33-36)6-8-26(31-4)34-15-21-10-22(16-34)35(21)14-20-7-9-27(38-5)32-12-20/h6-9,11-13,17,21-22,37H,4,10,14-16,18H2,1-3,5H3/b19-6+,26-8+. The van der Waals surface area contributed by atoms with Crippen molar-refractivity contribution in [3.63, 3.8) is 0 Å². The number of allylic oxidation sites excluding steroid dienone is 3. The fraction of sp³-hybridized carbons (Fsp3) is 0.414. The van der Waals surface area contributed by atoms with Gasteiger partial charge in [0.1, 0.15) is 18.2 Å². The topological polar surface area (TPSA) is 87.7 Å². The minimum Gasteiger partial charge on any atom is -0.489 e. The fourth-order valence-electron chi connectivity index (χ4n) is 5.21. The Morgan fingerprint density at radius 2 is 2.03 bits per heavy atom. The molecule has 39 heavy (non-hydrogen) atoms. The predicted molar refractivity (Wildman–Crippen MR) is 153 cm³/mol. The van der Waals surface area contributed by atoms with Crippen molar-refractivity contribution in [3.8, 4) is 11.6 Å². The number of hydrogen-bond donors (Lipinski definition) is 1. The number of rotatable bonds is 10. The number of aromatic nitrogens is 3. The van der Waals surface area contributed by atoms with Crippen LogP contribution < -0.4 is 9.47 Å². The number of halogens is 1. The fourth-order valence-corrected chi connectivity index (χ4v) is 5.45. The van der Waals surface area contributed by atoms with Gasteiger partial charge in [0.05, 0.1) is 35.6 Å². The SMILES string of the molecule is C=N/C(=C\C=C(/C)c1cc(OCC(C)(C)O)cn2ncc(Cl)c12)N1CC2CC(C1)N2Cc1ccc(OC)nc1. The number of aliphatic imine (C=N–C) groups is 1. The quantitative estimate of drug-likeness (QED) is 0.295. The summed E-state index contributed by atoms with van der Waals surface area (Å²) >= 11 is 6.48. The maximum atomic E-state index is 10.1. The van der Waals surface area contributed by atoms with Gasteiger partial charge in [-0.25, -0.2) is 14.5 Å². The number of piperidine rings is 1. The monoisotopic (exact) mass is 550 g/mol. The lowest BCUT2D eigenvalue weighted by molar-refractivity contribution is -0.0645. The van der Waals surface area contributed by atoms with Crippen LogP contribution in [0.15, 0.2) is 59.8 Å². The molecular formula is C29H35ClN6O3. The number of ether oxygens (including phenoxy) is 2. The Bertz CT molecular complexity index is 1400. The average Bonchev–Trinajstić information content (AvgIpc) is 3.30. The Morgan fingerprint density at radius 3 is 2.67 bits per heavy atom. The molecule has 3 saturated heterocycles. The molecule has 0 aliphatic carbocycles. The van der Waals surface area contributed by atoms with E-state index in [1.54, 1.807) is 37.9 Å². The van der Waals surface area contributed by atoms with Crippen LogP contribution in [0, 0.1) is 0 Å². The summed E-state index contributed by atoms with van der Waals surface area (Å²) in [7, 11) is 1.63. The minimum atomic E-state index is -0.953. The van der Waals surface area contributed by atoms with Crippen LogP contribution in [0.1, 0.15) is 38.3 Å². The van der Waals surface area contributed by atoms with Crippen molar-refractivity contribution in [2.45, 2.75) is 51.4 Å². The zero-order chi connectivity index (χ0) is 27.7. The molecule has 3 aromatic rings. The van der Waals surface area contributed by atoms with E-state index in [2.05, 4.69) is 37.7 Å². The van der Waals surface area contributed by atoms with Gasteiger partial charge >= 0.3 is 0 Å². The smallest absolute Gasteiger partial charge is 0.212 e. The maximum absolute atomic E-state index is 10.1. The van der Waals surface area contributed by atoms with Crippen LogP contribution in [-0.4, -0.2) is 80.7 Å². The summed E-state index contributed by atoms with van der Waals surface area (Å²) < 4.78 is 12.7. The average molecular weight is 551 g/mol. The zero-order valence-corrected chi connectivity index (χ0v) is 23.6. The van der Waals surface area contributed by atoms with Crippen LogP contribution in [0.5, 0.6) is 11.6 Å². The highest BCUT2D eigenvalue weighted by Gasteiger charge is 2.44. The number of methoxy groups -OCH3 is 1. The molecule has 3 aliphatic heterocycles. The number of fused-ring (bicyclic) bond motifs is 3. The largest absolute Gasteiger partial charge is 0.489 e. The molecule has 6 rings (SSSR count). The molecule has 3 fully saturated rings. The lowest BCUT2D eigenvalue weighted by Crippen LogP contribution is -2.67. The number of aliphatic hydroxyl groups is 1. The van der Waals surface area contributed by atoms with Crippen molar-refractivity contribution in [1.29, 1.82) is 0 Å². The molecular weight excluding hydrogens is 516 g/mol. The van der Waals surface area contributed by atoms with E-state index in [4.69, 9.17) is 21.1 Å².